The van der Waals surface area contributed by atoms with Gasteiger partial charge < -0.3 is 14.0 Å². The number of nitrogens with zero attached hydrogens (tertiary/aromatic N) is 7. The lowest BCUT2D eigenvalue weighted by atomic mass is 10.1. The molecule has 0 atom stereocenters. The van der Waals surface area contributed by atoms with Crippen LogP contribution in [-0.4, -0.2) is 48.3 Å². The number of fused-ring (bicyclic) bond motifs is 5. The first-order valence-corrected chi connectivity index (χ1v) is 9.84. The van der Waals surface area contributed by atoms with E-state index in [2.05, 4.69) is 32.1 Å². The summed E-state index contributed by atoms with van der Waals surface area (Å²) < 4.78 is 16.3. The molecule has 3 aromatic heterocycles. The molecule has 0 spiro atoms. The Morgan fingerprint density at radius 3 is 2.87 bits per heavy atom. The first-order chi connectivity index (χ1) is 15.1. The molecule has 1 aliphatic heterocycles. The van der Waals surface area contributed by atoms with E-state index in [1.165, 1.54) is 0 Å². The summed E-state index contributed by atoms with van der Waals surface area (Å²) in [7, 11) is 5.03. The van der Waals surface area contributed by atoms with Crippen molar-refractivity contribution in [2.45, 2.75) is 13.2 Å². The molecule has 10 heteroatoms. The number of aromatic nitrogens is 7. The molecule has 31 heavy (non-hydrogen) atoms. The van der Waals surface area contributed by atoms with Crippen molar-refractivity contribution in [2.24, 2.45) is 7.05 Å². The van der Waals surface area contributed by atoms with Gasteiger partial charge in [0.1, 0.15) is 24.2 Å². The fourth-order valence-electron chi connectivity index (χ4n) is 3.65. The van der Waals surface area contributed by atoms with E-state index >= 15 is 0 Å². The van der Waals surface area contributed by atoms with Crippen molar-refractivity contribution in [3.05, 3.63) is 58.5 Å². The standard InChI is InChI=1S/C21H18ClN7O2/c1-27-9-13(21(26-27)31-3)4-6-16-18-10-28-19(11-30-2)24-25-20(28)15-8-14(22)5-7-17(15)29(18)12-23-16/h5,7-9,12H,10-11H2,1-3H3. The molecule has 5 rings (SSSR count). The van der Waals surface area contributed by atoms with Crippen LogP contribution in [0, 0.1) is 11.8 Å². The summed E-state index contributed by atoms with van der Waals surface area (Å²) in [5.41, 5.74) is 4.03. The van der Waals surface area contributed by atoms with E-state index in [1.54, 1.807) is 25.2 Å². The van der Waals surface area contributed by atoms with E-state index in [1.807, 2.05) is 40.6 Å². The minimum Gasteiger partial charge on any atom is -0.479 e. The summed E-state index contributed by atoms with van der Waals surface area (Å²) >= 11 is 6.30. The topological polar surface area (TPSA) is 84.8 Å². The van der Waals surface area contributed by atoms with Gasteiger partial charge in [0.25, 0.3) is 0 Å². The molecule has 156 valence electrons. The Hall–Kier alpha value is -3.61. The third kappa shape index (κ3) is 3.26. The van der Waals surface area contributed by atoms with E-state index in [4.69, 9.17) is 21.1 Å². The molecule has 0 aliphatic carbocycles. The maximum Gasteiger partial charge on any atom is 0.248 e. The van der Waals surface area contributed by atoms with Crippen molar-refractivity contribution in [2.75, 3.05) is 14.2 Å². The number of methoxy groups -OCH3 is 2. The van der Waals surface area contributed by atoms with Gasteiger partial charge in [-0.05, 0) is 24.1 Å². The summed E-state index contributed by atoms with van der Waals surface area (Å²) in [6.45, 7) is 0.826. The molecule has 4 heterocycles. The molecule has 9 nitrogen and oxygen atoms in total. The van der Waals surface area contributed by atoms with Crippen LogP contribution in [0.5, 0.6) is 5.88 Å². The molecule has 0 radical (unpaired) electrons. The lowest BCUT2D eigenvalue weighted by molar-refractivity contribution is 0.174. The Morgan fingerprint density at radius 1 is 1.19 bits per heavy atom. The average molecular weight is 436 g/mol. The number of hydrogen-bond acceptors (Lipinski definition) is 6. The largest absolute Gasteiger partial charge is 0.479 e. The predicted molar refractivity (Wildman–Crippen MR) is 113 cm³/mol. The molecule has 0 N–H and O–H groups in total. The van der Waals surface area contributed by atoms with Gasteiger partial charge in [-0.3, -0.25) is 9.25 Å². The second kappa shape index (κ2) is 7.58. The van der Waals surface area contributed by atoms with Crippen LogP contribution in [0.25, 0.3) is 17.1 Å². The zero-order chi connectivity index (χ0) is 21.5. The normalized spacial score (nSPS) is 11.7. The van der Waals surface area contributed by atoms with Crippen LogP contribution in [0.4, 0.5) is 0 Å². The second-order valence-corrected chi connectivity index (χ2v) is 7.44. The zero-order valence-electron chi connectivity index (χ0n) is 17.1. The highest BCUT2D eigenvalue weighted by molar-refractivity contribution is 6.31. The van der Waals surface area contributed by atoms with Crippen LogP contribution >= 0.6 is 11.6 Å². The highest BCUT2D eigenvalue weighted by Crippen LogP contribution is 2.34. The van der Waals surface area contributed by atoms with Gasteiger partial charge in [0.2, 0.25) is 5.88 Å². The molecular formula is C21H18ClN7O2. The highest BCUT2D eigenvalue weighted by Gasteiger charge is 2.25. The average Bonchev–Trinajstić information content (AvgIpc) is 3.42. The fourth-order valence-corrected chi connectivity index (χ4v) is 3.82. The van der Waals surface area contributed by atoms with Gasteiger partial charge in [-0.15, -0.1) is 15.3 Å². The van der Waals surface area contributed by atoms with Gasteiger partial charge in [-0.2, -0.15) is 0 Å². The highest BCUT2D eigenvalue weighted by atomic mass is 35.5. The van der Waals surface area contributed by atoms with E-state index in [-0.39, 0.29) is 0 Å². The molecule has 0 bridgehead atoms. The van der Waals surface area contributed by atoms with Crippen molar-refractivity contribution < 1.29 is 9.47 Å². The number of aryl methyl sites for hydroxylation is 1. The molecule has 1 aliphatic rings. The molecule has 0 amide bonds. The molecule has 4 aromatic rings. The van der Waals surface area contributed by atoms with Gasteiger partial charge in [0.05, 0.1) is 25.0 Å². The van der Waals surface area contributed by atoms with Crippen molar-refractivity contribution in [1.29, 1.82) is 0 Å². The van der Waals surface area contributed by atoms with Crippen molar-refractivity contribution in [3.63, 3.8) is 0 Å². The van der Waals surface area contributed by atoms with Gasteiger partial charge in [-0.25, -0.2) is 4.98 Å². The Morgan fingerprint density at radius 2 is 2.06 bits per heavy atom. The minimum absolute atomic E-state index is 0.338. The number of ether oxygens (including phenoxy) is 2. The van der Waals surface area contributed by atoms with Gasteiger partial charge in [0, 0.05) is 30.9 Å². The lowest BCUT2D eigenvalue weighted by Gasteiger charge is -2.08. The third-order valence-electron chi connectivity index (χ3n) is 5.04. The fraction of sp³-hybridized carbons (Fsp3) is 0.238. The third-order valence-corrected chi connectivity index (χ3v) is 5.27. The van der Waals surface area contributed by atoms with Crippen molar-refractivity contribution in [1.82, 2.24) is 34.1 Å². The summed E-state index contributed by atoms with van der Waals surface area (Å²) in [6.07, 6.45) is 3.58. The van der Waals surface area contributed by atoms with E-state index in [9.17, 15) is 0 Å². The monoisotopic (exact) mass is 435 g/mol. The summed E-state index contributed by atoms with van der Waals surface area (Å²) in [5, 5.41) is 13.6. The van der Waals surface area contributed by atoms with E-state index in [0.29, 0.717) is 41.1 Å². The molecule has 0 saturated carbocycles. The molecule has 0 saturated heterocycles. The van der Waals surface area contributed by atoms with Crippen LogP contribution in [0.3, 0.4) is 0 Å². The molecule has 1 aromatic carbocycles. The summed E-state index contributed by atoms with van der Waals surface area (Å²) in [4.78, 5) is 4.57. The van der Waals surface area contributed by atoms with Crippen molar-refractivity contribution >= 4 is 11.6 Å². The molecule has 0 fully saturated rings. The first kappa shape index (κ1) is 19.4. The van der Waals surface area contributed by atoms with Crippen LogP contribution in [0.2, 0.25) is 5.02 Å². The van der Waals surface area contributed by atoms with Crippen LogP contribution in [-0.2, 0) is 24.9 Å². The van der Waals surface area contributed by atoms with Crippen LogP contribution in [0.15, 0.2) is 30.7 Å². The number of halogens is 1. The summed E-state index contributed by atoms with van der Waals surface area (Å²) in [6, 6.07) is 5.68. The number of hydrogen-bond donors (Lipinski definition) is 0. The predicted octanol–water partition coefficient (Wildman–Crippen LogP) is 2.43. The Labute approximate surface area is 183 Å². The zero-order valence-corrected chi connectivity index (χ0v) is 17.9. The SMILES string of the molecule is COCc1nnc2n1Cc1c(C#Cc3cn(C)nc3OC)ncn1-c1ccc(Cl)cc1-2. The maximum absolute atomic E-state index is 6.30. The summed E-state index contributed by atoms with van der Waals surface area (Å²) in [5.74, 6) is 8.22. The van der Waals surface area contributed by atoms with Gasteiger partial charge >= 0.3 is 0 Å². The molecular weight excluding hydrogens is 418 g/mol. The van der Waals surface area contributed by atoms with Gasteiger partial charge in [0.15, 0.2) is 11.6 Å². The van der Waals surface area contributed by atoms with Crippen LogP contribution < -0.4 is 4.74 Å². The molecule has 0 unspecified atom stereocenters. The Bertz CT molecular complexity index is 1360. The number of rotatable bonds is 3. The quantitative estimate of drug-likeness (QED) is 0.405. The number of benzene rings is 1. The smallest absolute Gasteiger partial charge is 0.248 e. The maximum atomic E-state index is 6.30. The Balaban J connectivity index is 1.68. The van der Waals surface area contributed by atoms with Gasteiger partial charge in [-0.1, -0.05) is 17.5 Å². The second-order valence-electron chi connectivity index (χ2n) is 7.01. The van der Waals surface area contributed by atoms with E-state index < -0.39 is 0 Å². The van der Waals surface area contributed by atoms with Crippen molar-refractivity contribution in [3.8, 4) is 34.8 Å². The number of imidazole rings is 1. The first-order valence-electron chi connectivity index (χ1n) is 9.46. The minimum atomic E-state index is 0.338. The lowest BCUT2D eigenvalue weighted by Crippen LogP contribution is -2.09. The Kier molecular flexibility index (Phi) is 4.73. The van der Waals surface area contributed by atoms with Crippen LogP contribution in [0.1, 0.15) is 22.8 Å². The van der Waals surface area contributed by atoms with E-state index in [0.717, 1.165) is 22.8 Å².